The zero-order valence-electron chi connectivity index (χ0n) is 8.34. The molecule has 1 aromatic carbocycles. The third-order valence-corrected chi connectivity index (χ3v) is 2.77. The Bertz CT molecular complexity index is 334. The quantitative estimate of drug-likeness (QED) is 0.778. The number of carbonyl (C=O) groups is 1. The number of benzene rings is 1. The summed E-state index contributed by atoms with van der Waals surface area (Å²) >= 11 is 3.47. The van der Waals surface area contributed by atoms with Crippen LogP contribution in [0.25, 0.3) is 0 Å². The van der Waals surface area contributed by atoms with Gasteiger partial charge in [-0.3, -0.25) is 4.79 Å². The smallest absolute Gasteiger partial charge is 0.305 e. The minimum absolute atomic E-state index is 0.169. The molecule has 0 bridgehead atoms. The fraction of sp³-hybridized carbons (Fsp3) is 0.364. The van der Waals surface area contributed by atoms with Crippen LogP contribution in [0.1, 0.15) is 17.5 Å². The Morgan fingerprint density at radius 1 is 1.50 bits per heavy atom. The maximum absolute atomic E-state index is 10.9. The Labute approximate surface area is 92.4 Å². The van der Waals surface area contributed by atoms with Gasteiger partial charge in [0.25, 0.3) is 0 Å². The van der Waals surface area contributed by atoms with Crippen molar-refractivity contribution < 1.29 is 9.53 Å². The lowest BCUT2D eigenvalue weighted by atomic mass is 10.1. The Hall–Kier alpha value is -0.830. The van der Waals surface area contributed by atoms with E-state index in [-0.39, 0.29) is 5.97 Å². The van der Waals surface area contributed by atoms with Crippen molar-refractivity contribution in [2.75, 3.05) is 7.11 Å². The number of esters is 1. The van der Waals surface area contributed by atoms with Gasteiger partial charge in [0, 0.05) is 10.9 Å². The molecule has 0 saturated heterocycles. The third-order valence-electron chi connectivity index (χ3n) is 2.03. The molecule has 1 rings (SSSR count). The average molecular weight is 257 g/mol. The first-order chi connectivity index (χ1) is 6.63. The van der Waals surface area contributed by atoms with Gasteiger partial charge in [-0.15, -0.1) is 0 Å². The van der Waals surface area contributed by atoms with Gasteiger partial charge < -0.3 is 4.74 Å². The van der Waals surface area contributed by atoms with Crippen molar-refractivity contribution in [1.29, 1.82) is 0 Å². The number of carbonyl (C=O) groups excluding carboxylic acids is 1. The van der Waals surface area contributed by atoms with Gasteiger partial charge in [0.15, 0.2) is 0 Å². The van der Waals surface area contributed by atoms with Gasteiger partial charge in [-0.05, 0) is 30.5 Å². The summed E-state index contributed by atoms with van der Waals surface area (Å²) in [5.74, 6) is -0.169. The zero-order valence-corrected chi connectivity index (χ0v) is 9.93. The summed E-state index contributed by atoms with van der Waals surface area (Å²) in [6.07, 6.45) is 1.14. The highest BCUT2D eigenvalue weighted by Crippen LogP contribution is 2.19. The van der Waals surface area contributed by atoms with Crippen molar-refractivity contribution in [2.24, 2.45) is 0 Å². The summed E-state index contributed by atoms with van der Waals surface area (Å²) in [7, 11) is 1.41. The Balaban J connectivity index is 2.63. The van der Waals surface area contributed by atoms with E-state index in [2.05, 4.69) is 20.7 Å². The van der Waals surface area contributed by atoms with E-state index in [1.807, 2.05) is 25.1 Å². The molecule has 0 spiro atoms. The number of aryl methyl sites for hydroxylation is 2. The third kappa shape index (κ3) is 3.14. The first-order valence-electron chi connectivity index (χ1n) is 4.45. The molecular formula is C11H13BrO2. The van der Waals surface area contributed by atoms with Crippen LogP contribution in [0.4, 0.5) is 0 Å². The van der Waals surface area contributed by atoms with Crippen molar-refractivity contribution in [3.05, 3.63) is 33.8 Å². The Morgan fingerprint density at radius 2 is 2.21 bits per heavy atom. The number of methoxy groups -OCH3 is 1. The molecule has 0 fully saturated rings. The zero-order chi connectivity index (χ0) is 10.6. The molecule has 0 aliphatic heterocycles. The summed E-state index contributed by atoms with van der Waals surface area (Å²) in [5, 5.41) is 0. The molecule has 0 heterocycles. The molecular weight excluding hydrogens is 244 g/mol. The van der Waals surface area contributed by atoms with E-state index in [0.717, 1.165) is 10.0 Å². The minimum atomic E-state index is -0.169. The topological polar surface area (TPSA) is 26.3 Å². The van der Waals surface area contributed by atoms with Crippen LogP contribution in [-0.4, -0.2) is 13.1 Å². The summed E-state index contributed by atoms with van der Waals surface area (Å²) in [4.78, 5) is 10.9. The Kier molecular flexibility index (Phi) is 4.14. The average Bonchev–Trinajstić information content (AvgIpc) is 2.16. The molecule has 0 unspecified atom stereocenters. The van der Waals surface area contributed by atoms with Crippen molar-refractivity contribution >= 4 is 21.9 Å². The molecule has 0 aliphatic carbocycles. The molecule has 0 amide bonds. The van der Waals surface area contributed by atoms with Crippen LogP contribution >= 0.6 is 15.9 Å². The minimum Gasteiger partial charge on any atom is -0.469 e. The molecule has 1 aromatic rings. The fourth-order valence-electron chi connectivity index (χ4n) is 1.19. The highest BCUT2D eigenvalue weighted by atomic mass is 79.9. The van der Waals surface area contributed by atoms with Crippen LogP contribution in [0.3, 0.4) is 0 Å². The highest BCUT2D eigenvalue weighted by molar-refractivity contribution is 9.10. The van der Waals surface area contributed by atoms with Crippen LogP contribution in [0.15, 0.2) is 22.7 Å². The molecule has 0 saturated carbocycles. The summed E-state index contributed by atoms with van der Waals surface area (Å²) in [5.41, 5.74) is 2.35. The first-order valence-corrected chi connectivity index (χ1v) is 5.24. The van der Waals surface area contributed by atoms with E-state index in [1.165, 1.54) is 12.7 Å². The lowest BCUT2D eigenvalue weighted by molar-refractivity contribution is -0.140. The molecule has 14 heavy (non-hydrogen) atoms. The number of halogens is 1. The predicted molar refractivity (Wildman–Crippen MR) is 59.2 cm³/mol. The maximum atomic E-state index is 10.9. The lowest BCUT2D eigenvalue weighted by Crippen LogP contribution is -2.02. The molecule has 0 N–H and O–H groups in total. The molecule has 2 nitrogen and oxygen atoms in total. The van der Waals surface area contributed by atoms with Gasteiger partial charge in [-0.1, -0.05) is 28.1 Å². The lowest BCUT2D eigenvalue weighted by Gasteiger charge is -2.04. The van der Waals surface area contributed by atoms with E-state index in [9.17, 15) is 4.79 Å². The standard InChI is InChI=1S/C11H13BrO2/c1-8-3-4-9(10(12)7-8)5-6-11(13)14-2/h3-4,7H,5-6H2,1-2H3. The SMILES string of the molecule is COC(=O)CCc1ccc(C)cc1Br. The Morgan fingerprint density at radius 3 is 2.79 bits per heavy atom. The second-order valence-corrected chi connectivity index (χ2v) is 4.03. The number of hydrogen-bond donors (Lipinski definition) is 0. The molecule has 0 aromatic heterocycles. The van der Waals surface area contributed by atoms with Gasteiger partial charge in [0.05, 0.1) is 7.11 Å². The predicted octanol–water partition coefficient (Wildman–Crippen LogP) is 2.86. The number of rotatable bonds is 3. The van der Waals surface area contributed by atoms with E-state index in [1.54, 1.807) is 0 Å². The van der Waals surface area contributed by atoms with E-state index in [0.29, 0.717) is 12.8 Å². The largest absolute Gasteiger partial charge is 0.469 e. The van der Waals surface area contributed by atoms with Gasteiger partial charge in [-0.2, -0.15) is 0 Å². The normalized spacial score (nSPS) is 9.93. The maximum Gasteiger partial charge on any atom is 0.305 e. The fourth-order valence-corrected chi connectivity index (χ4v) is 1.89. The number of hydrogen-bond acceptors (Lipinski definition) is 2. The van der Waals surface area contributed by atoms with Crippen molar-refractivity contribution in [3.63, 3.8) is 0 Å². The van der Waals surface area contributed by atoms with Crippen molar-refractivity contribution in [1.82, 2.24) is 0 Å². The van der Waals surface area contributed by atoms with E-state index >= 15 is 0 Å². The highest BCUT2D eigenvalue weighted by Gasteiger charge is 2.04. The van der Waals surface area contributed by atoms with Crippen molar-refractivity contribution in [3.8, 4) is 0 Å². The van der Waals surface area contributed by atoms with Crippen LogP contribution in [0.2, 0.25) is 0 Å². The molecule has 0 aliphatic rings. The van der Waals surface area contributed by atoms with Crippen LogP contribution in [-0.2, 0) is 16.0 Å². The second-order valence-electron chi connectivity index (χ2n) is 3.17. The van der Waals surface area contributed by atoms with Gasteiger partial charge in [0.1, 0.15) is 0 Å². The molecule has 0 radical (unpaired) electrons. The van der Waals surface area contributed by atoms with Crippen LogP contribution < -0.4 is 0 Å². The van der Waals surface area contributed by atoms with Crippen LogP contribution in [0, 0.1) is 6.92 Å². The second kappa shape index (κ2) is 5.15. The van der Waals surface area contributed by atoms with Gasteiger partial charge in [-0.25, -0.2) is 0 Å². The van der Waals surface area contributed by atoms with E-state index in [4.69, 9.17) is 0 Å². The van der Waals surface area contributed by atoms with Gasteiger partial charge >= 0.3 is 5.97 Å². The van der Waals surface area contributed by atoms with E-state index < -0.39 is 0 Å². The molecule has 3 heteroatoms. The first kappa shape index (κ1) is 11.2. The van der Waals surface area contributed by atoms with Crippen molar-refractivity contribution in [2.45, 2.75) is 19.8 Å². The number of ether oxygens (including phenoxy) is 1. The van der Waals surface area contributed by atoms with Crippen LogP contribution in [0.5, 0.6) is 0 Å². The summed E-state index contributed by atoms with van der Waals surface area (Å²) < 4.78 is 5.64. The summed E-state index contributed by atoms with van der Waals surface area (Å²) in [6.45, 7) is 2.04. The summed E-state index contributed by atoms with van der Waals surface area (Å²) in [6, 6.07) is 6.12. The monoisotopic (exact) mass is 256 g/mol. The molecule has 76 valence electrons. The molecule has 0 atom stereocenters. The van der Waals surface area contributed by atoms with Gasteiger partial charge in [0.2, 0.25) is 0 Å².